The molecule has 1 aromatic rings. The number of anilines is 1. The Labute approximate surface area is 133 Å². The highest BCUT2D eigenvalue weighted by Crippen LogP contribution is 2.18. The normalized spacial score (nSPS) is 13.2. The molecule has 0 bridgehead atoms. The second-order valence-electron chi connectivity index (χ2n) is 5.14. The molecule has 8 heteroatoms. The second kappa shape index (κ2) is 7.44. The van der Waals surface area contributed by atoms with E-state index in [0.29, 0.717) is 10.8 Å². The lowest BCUT2D eigenvalue weighted by Crippen LogP contribution is -2.38. The Hall–Kier alpha value is -1.83. The van der Waals surface area contributed by atoms with E-state index in [0.717, 1.165) is 11.0 Å². The maximum Gasteiger partial charge on any atom is 0.332 e. The average Bonchev–Trinajstić information content (AvgIpc) is 2.51. The number of carbonyl (C=O) groups is 1. The molecular weight excluding hydrogens is 304 g/mol. The van der Waals surface area contributed by atoms with E-state index >= 15 is 0 Å². The van der Waals surface area contributed by atoms with Crippen molar-refractivity contribution in [2.75, 3.05) is 11.5 Å². The topological polar surface area (TPSA) is 99.5 Å². The number of aromatic nitrogens is 2. The summed E-state index contributed by atoms with van der Waals surface area (Å²) in [7, 11) is 2.86. The Balaban J connectivity index is 3.06. The van der Waals surface area contributed by atoms with E-state index in [2.05, 4.69) is 4.99 Å². The van der Waals surface area contributed by atoms with E-state index in [4.69, 9.17) is 5.73 Å². The Bertz CT molecular complexity index is 681. The maximum atomic E-state index is 11.9. The van der Waals surface area contributed by atoms with Crippen LogP contribution in [0.1, 0.15) is 27.2 Å². The number of ketones is 1. The molecule has 0 saturated carbocycles. The highest BCUT2D eigenvalue weighted by atomic mass is 32.2. The fourth-order valence-electron chi connectivity index (χ4n) is 1.72. The standard InChI is InChI=1S/C14H22N4O3S/c1-6-8(2)10(19)7-22-9(3)16-12-11(15)13(20)18(5)14(21)17(12)4/h8H,6-7,15H2,1-5H3/b16-9+. The molecule has 0 aliphatic heterocycles. The van der Waals surface area contributed by atoms with Gasteiger partial charge in [0.15, 0.2) is 5.82 Å². The summed E-state index contributed by atoms with van der Waals surface area (Å²) in [5.74, 6) is 0.587. The molecule has 0 amide bonds. The van der Waals surface area contributed by atoms with Gasteiger partial charge in [-0.2, -0.15) is 0 Å². The lowest BCUT2D eigenvalue weighted by Gasteiger charge is -2.10. The van der Waals surface area contributed by atoms with Gasteiger partial charge in [-0.3, -0.25) is 18.7 Å². The van der Waals surface area contributed by atoms with E-state index in [1.54, 1.807) is 6.92 Å². The van der Waals surface area contributed by atoms with Crippen LogP contribution in [-0.4, -0.2) is 25.7 Å². The van der Waals surface area contributed by atoms with Crippen molar-refractivity contribution in [2.45, 2.75) is 27.2 Å². The van der Waals surface area contributed by atoms with Crippen molar-refractivity contribution in [3.8, 4) is 0 Å². The fourth-order valence-corrected chi connectivity index (χ4v) is 2.51. The lowest BCUT2D eigenvalue weighted by molar-refractivity contribution is -0.119. The first-order valence-electron chi connectivity index (χ1n) is 6.96. The van der Waals surface area contributed by atoms with Crippen LogP contribution in [0, 0.1) is 5.92 Å². The zero-order valence-electron chi connectivity index (χ0n) is 13.5. The zero-order valence-corrected chi connectivity index (χ0v) is 14.4. The van der Waals surface area contributed by atoms with Gasteiger partial charge in [-0.15, -0.1) is 11.8 Å². The highest BCUT2D eigenvalue weighted by Gasteiger charge is 2.14. The molecule has 122 valence electrons. The minimum Gasteiger partial charge on any atom is -0.391 e. The van der Waals surface area contributed by atoms with Crippen LogP contribution in [0.5, 0.6) is 0 Å². The Kier molecular flexibility index (Phi) is 6.16. The summed E-state index contributed by atoms with van der Waals surface area (Å²) in [4.78, 5) is 39.7. The first-order valence-corrected chi connectivity index (χ1v) is 7.95. The number of Topliss-reactive ketones (excluding diaryl/α,β-unsaturated/α-hetero) is 1. The van der Waals surface area contributed by atoms with Crippen molar-refractivity contribution in [1.82, 2.24) is 9.13 Å². The highest BCUT2D eigenvalue weighted by molar-refractivity contribution is 8.14. The van der Waals surface area contributed by atoms with E-state index in [-0.39, 0.29) is 23.2 Å². The van der Waals surface area contributed by atoms with Gasteiger partial charge >= 0.3 is 5.69 Å². The molecule has 0 aliphatic rings. The van der Waals surface area contributed by atoms with Gasteiger partial charge in [-0.1, -0.05) is 13.8 Å². The van der Waals surface area contributed by atoms with Gasteiger partial charge in [0.05, 0.1) is 10.8 Å². The van der Waals surface area contributed by atoms with Gasteiger partial charge in [0.25, 0.3) is 5.56 Å². The molecule has 0 aliphatic carbocycles. The van der Waals surface area contributed by atoms with Crippen LogP contribution in [0.4, 0.5) is 11.5 Å². The second-order valence-corrected chi connectivity index (χ2v) is 6.31. The van der Waals surface area contributed by atoms with Gasteiger partial charge in [0.1, 0.15) is 11.5 Å². The number of rotatable bonds is 5. The molecule has 0 fully saturated rings. The van der Waals surface area contributed by atoms with Crippen molar-refractivity contribution >= 4 is 34.1 Å². The number of hydrogen-bond donors (Lipinski definition) is 1. The molecule has 0 spiro atoms. The number of carbonyl (C=O) groups excluding carboxylic acids is 1. The first kappa shape index (κ1) is 18.2. The van der Waals surface area contributed by atoms with Crippen molar-refractivity contribution in [3.63, 3.8) is 0 Å². The van der Waals surface area contributed by atoms with Crippen LogP contribution < -0.4 is 17.0 Å². The van der Waals surface area contributed by atoms with Crippen LogP contribution in [0.15, 0.2) is 14.6 Å². The largest absolute Gasteiger partial charge is 0.391 e. The Morgan fingerprint density at radius 1 is 1.32 bits per heavy atom. The van der Waals surface area contributed by atoms with Gasteiger partial charge in [-0.05, 0) is 13.3 Å². The monoisotopic (exact) mass is 326 g/mol. The zero-order chi connectivity index (χ0) is 17.0. The van der Waals surface area contributed by atoms with Crippen LogP contribution in [0.2, 0.25) is 0 Å². The number of nitrogens with two attached hydrogens (primary N) is 1. The fraction of sp³-hybridized carbons (Fsp3) is 0.571. The molecule has 1 unspecified atom stereocenters. The summed E-state index contributed by atoms with van der Waals surface area (Å²) in [6.45, 7) is 5.57. The summed E-state index contributed by atoms with van der Waals surface area (Å²) < 4.78 is 2.15. The van der Waals surface area contributed by atoms with Gasteiger partial charge in [0.2, 0.25) is 0 Å². The third-order valence-corrected chi connectivity index (χ3v) is 4.45. The van der Waals surface area contributed by atoms with Crippen LogP contribution in [0.3, 0.4) is 0 Å². The van der Waals surface area contributed by atoms with E-state index in [1.165, 1.54) is 30.4 Å². The quantitative estimate of drug-likeness (QED) is 0.644. The van der Waals surface area contributed by atoms with Gasteiger partial charge in [-0.25, -0.2) is 9.79 Å². The van der Waals surface area contributed by atoms with E-state index in [1.807, 2.05) is 13.8 Å². The Morgan fingerprint density at radius 2 is 1.91 bits per heavy atom. The smallest absolute Gasteiger partial charge is 0.332 e. The van der Waals surface area contributed by atoms with Crippen molar-refractivity contribution < 1.29 is 4.79 Å². The summed E-state index contributed by atoms with van der Waals surface area (Å²) in [6, 6.07) is 0. The lowest BCUT2D eigenvalue weighted by atomic mass is 10.1. The maximum absolute atomic E-state index is 11.9. The molecule has 1 atom stereocenters. The summed E-state index contributed by atoms with van der Waals surface area (Å²) in [6.07, 6.45) is 0.797. The number of aliphatic imine (C=N–C) groups is 1. The third kappa shape index (κ3) is 3.88. The number of hydrogen-bond acceptors (Lipinski definition) is 6. The molecule has 0 radical (unpaired) electrons. The van der Waals surface area contributed by atoms with Crippen molar-refractivity contribution in [2.24, 2.45) is 25.0 Å². The molecule has 0 aromatic carbocycles. The van der Waals surface area contributed by atoms with Crippen LogP contribution in [-0.2, 0) is 18.9 Å². The predicted molar refractivity (Wildman–Crippen MR) is 91.0 cm³/mol. The summed E-state index contributed by atoms with van der Waals surface area (Å²) in [5.41, 5.74) is 4.60. The molecule has 7 nitrogen and oxygen atoms in total. The molecule has 1 aromatic heterocycles. The molecule has 1 rings (SSSR count). The van der Waals surface area contributed by atoms with Crippen LogP contribution >= 0.6 is 11.8 Å². The van der Waals surface area contributed by atoms with Gasteiger partial charge < -0.3 is 5.73 Å². The SMILES string of the molecule is CCC(C)C(=O)CS/C(C)=N/c1c(N)c(=O)n(C)c(=O)n1C. The minimum absolute atomic E-state index is 0.0127. The molecule has 2 N–H and O–H groups in total. The minimum atomic E-state index is -0.574. The average molecular weight is 326 g/mol. The Morgan fingerprint density at radius 3 is 2.45 bits per heavy atom. The predicted octanol–water partition coefficient (Wildman–Crippen LogP) is 1.06. The van der Waals surface area contributed by atoms with E-state index < -0.39 is 11.2 Å². The molecule has 22 heavy (non-hydrogen) atoms. The summed E-state index contributed by atoms with van der Waals surface area (Å²) in [5, 5.41) is 0.576. The van der Waals surface area contributed by atoms with Crippen molar-refractivity contribution in [1.29, 1.82) is 0 Å². The molecule has 0 saturated heterocycles. The third-order valence-electron chi connectivity index (χ3n) is 3.52. The van der Waals surface area contributed by atoms with Crippen LogP contribution in [0.25, 0.3) is 0 Å². The summed E-state index contributed by atoms with van der Waals surface area (Å²) >= 11 is 1.28. The molecule has 1 heterocycles. The van der Waals surface area contributed by atoms with Crippen molar-refractivity contribution in [3.05, 3.63) is 20.8 Å². The molecular formula is C14H22N4O3S. The number of nitrogen functional groups attached to an aromatic ring is 1. The van der Waals surface area contributed by atoms with Gasteiger partial charge in [0, 0.05) is 20.0 Å². The first-order chi connectivity index (χ1) is 10.2. The van der Waals surface area contributed by atoms with E-state index in [9.17, 15) is 14.4 Å². The number of nitrogens with zero attached hydrogens (tertiary/aromatic N) is 3. The number of thioether (sulfide) groups is 1.